The van der Waals surface area contributed by atoms with Crippen LogP contribution >= 0.6 is 0 Å². The molecule has 7 heteroatoms. The molecule has 0 bridgehead atoms. The fourth-order valence-electron chi connectivity index (χ4n) is 1.20. The summed E-state index contributed by atoms with van der Waals surface area (Å²) in [6.07, 6.45) is 3.52. The Kier molecular flexibility index (Phi) is 5.25. The maximum Gasteiger partial charge on any atom is 0.243 e. The zero-order valence-corrected chi connectivity index (χ0v) is 12.7. The summed E-state index contributed by atoms with van der Waals surface area (Å²) in [4.78, 5) is 8.00. The van der Waals surface area contributed by atoms with E-state index >= 15 is 0 Å². The molecule has 108 valence electrons. The number of nitrogens with zero attached hydrogens (tertiary/aromatic N) is 2. The Hall–Kier alpha value is -1.21. The third-order valence-electron chi connectivity index (χ3n) is 2.97. The lowest BCUT2D eigenvalue weighted by Crippen LogP contribution is -2.33. The molecule has 6 nitrogen and oxygen atoms in total. The Morgan fingerprint density at radius 3 is 2.26 bits per heavy atom. The first-order chi connectivity index (χ1) is 8.80. The molecule has 0 unspecified atom stereocenters. The molecular formula is C12H22N4O2S. The van der Waals surface area contributed by atoms with Crippen LogP contribution in [0.3, 0.4) is 0 Å². The van der Waals surface area contributed by atoms with Gasteiger partial charge in [0.2, 0.25) is 16.0 Å². The van der Waals surface area contributed by atoms with Gasteiger partial charge < -0.3 is 5.32 Å². The van der Waals surface area contributed by atoms with Gasteiger partial charge in [-0.25, -0.2) is 23.1 Å². The quantitative estimate of drug-likeness (QED) is 0.795. The van der Waals surface area contributed by atoms with E-state index in [0.717, 1.165) is 6.42 Å². The van der Waals surface area contributed by atoms with Gasteiger partial charge >= 0.3 is 0 Å². The number of rotatable bonds is 7. The largest absolute Gasteiger partial charge is 0.355 e. The zero-order valence-electron chi connectivity index (χ0n) is 11.9. The molecule has 0 spiro atoms. The normalized spacial score (nSPS) is 12.4. The van der Waals surface area contributed by atoms with E-state index in [1.165, 1.54) is 12.4 Å². The van der Waals surface area contributed by atoms with E-state index in [1.807, 2.05) is 27.7 Å². The molecule has 1 heterocycles. The van der Waals surface area contributed by atoms with Gasteiger partial charge in [0.25, 0.3) is 0 Å². The van der Waals surface area contributed by atoms with Crippen molar-refractivity contribution in [2.45, 2.75) is 39.0 Å². The Morgan fingerprint density at radius 2 is 1.79 bits per heavy atom. The second-order valence-electron chi connectivity index (χ2n) is 5.12. The topological polar surface area (TPSA) is 84.0 Å². The average Bonchev–Trinajstić information content (AvgIpc) is 2.38. The number of hydrogen-bond donors (Lipinski definition) is 2. The van der Waals surface area contributed by atoms with E-state index in [4.69, 9.17) is 0 Å². The molecule has 0 aliphatic carbocycles. The molecule has 0 atom stereocenters. The molecule has 0 amide bonds. The van der Waals surface area contributed by atoms with Crippen LogP contribution in [-0.2, 0) is 10.0 Å². The Balaban J connectivity index is 2.77. The molecule has 0 radical (unpaired) electrons. The molecule has 0 saturated carbocycles. The standard InChI is InChI=1S/C12H22N4O2S/c1-5-12(3,4)9-16-19(17,18)10-7-14-11(13-6-2)15-8-10/h7-8,16H,5-6,9H2,1-4H3,(H,13,14,15). The van der Waals surface area contributed by atoms with Crippen LogP contribution in [0.15, 0.2) is 17.3 Å². The van der Waals surface area contributed by atoms with Crippen molar-refractivity contribution in [3.63, 3.8) is 0 Å². The molecule has 19 heavy (non-hydrogen) atoms. The molecule has 0 saturated heterocycles. The Bertz CT molecular complexity index is 497. The van der Waals surface area contributed by atoms with Gasteiger partial charge in [0.1, 0.15) is 4.90 Å². The maximum absolute atomic E-state index is 12.1. The van der Waals surface area contributed by atoms with Crippen LogP contribution in [0, 0.1) is 5.41 Å². The van der Waals surface area contributed by atoms with Crippen LogP contribution in [0.4, 0.5) is 5.95 Å². The lowest BCUT2D eigenvalue weighted by atomic mass is 9.91. The summed E-state index contributed by atoms with van der Waals surface area (Å²) in [5, 5.41) is 2.91. The van der Waals surface area contributed by atoms with Crippen molar-refractivity contribution in [1.29, 1.82) is 0 Å². The van der Waals surface area contributed by atoms with Crippen LogP contribution in [0.2, 0.25) is 0 Å². The van der Waals surface area contributed by atoms with Crippen LogP contribution < -0.4 is 10.0 Å². The predicted octanol–water partition coefficient (Wildman–Crippen LogP) is 1.62. The van der Waals surface area contributed by atoms with E-state index < -0.39 is 10.0 Å². The first-order valence-corrected chi connectivity index (χ1v) is 7.84. The monoisotopic (exact) mass is 286 g/mol. The smallest absolute Gasteiger partial charge is 0.243 e. The average molecular weight is 286 g/mol. The highest BCUT2D eigenvalue weighted by Gasteiger charge is 2.21. The first kappa shape index (κ1) is 15.8. The molecular weight excluding hydrogens is 264 g/mol. The highest BCUT2D eigenvalue weighted by atomic mass is 32.2. The van der Waals surface area contributed by atoms with Crippen molar-refractivity contribution in [2.75, 3.05) is 18.4 Å². The minimum atomic E-state index is -3.54. The second kappa shape index (κ2) is 6.29. The van der Waals surface area contributed by atoms with Gasteiger partial charge in [0.15, 0.2) is 0 Å². The summed E-state index contributed by atoms with van der Waals surface area (Å²) in [6, 6.07) is 0. The van der Waals surface area contributed by atoms with Crippen LogP contribution in [0.5, 0.6) is 0 Å². The van der Waals surface area contributed by atoms with Gasteiger partial charge in [-0.15, -0.1) is 0 Å². The van der Waals surface area contributed by atoms with Gasteiger partial charge in [-0.3, -0.25) is 0 Å². The molecule has 0 aliphatic heterocycles. The molecule has 0 aromatic carbocycles. The number of sulfonamides is 1. The highest BCUT2D eigenvalue weighted by Crippen LogP contribution is 2.19. The molecule has 1 rings (SSSR count). The number of hydrogen-bond acceptors (Lipinski definition) is 5. The van der Waals surface area contributed by atoms with Crippen molar-refractivity contribution in [3.8, 4) is 0 Å². The second-order valence-corrected chi connectivity index (χ2v) is 6.88. The predicted molar refractivity (Wildman–Crippen MR) is 75.5 cm³/mol. The number of nitrogens with one attached hydrogen (secondary N) is 2. The van der Waals surface area contributed by atoms with Crippen molar-refractivity contribution in [2.24, 2.45) is 5.41 Å². The van der Waals surface area contributed by atoms with Crippen LogP contribution in [0.1, 0.15) is 34.1 Å². The Labute approximate surface area is 115 Å². The van der Waals surface area contributed by atoms with Crippen LogP contribution in [0.25, 0.3) is 0 Å². The van der Waals surface area contributed by atoms with E-state index in [9.17, 15) is 8.42 Å². The highest BCUT2D eigenvalue weighted by molar-refractivity contribution is 7.89. The maximum atomic E-state index is 12.1. The summed E-state index contributed by atoms with van der Waals surface area (Å²) in [5.74, 6) is 0.426. The number of anilines is 1. The molecule has 0 aliphatic rings. The summed E-state index contributed by atoms with van der Waals surface area (Å²) in [7, 11) is -3.54. The van der Waals surface area contributed by atoms with Crippen molar-refractivity contribution < 1.29 is 8.42 Å². The van der Waals surface area contributed by atoms with Gasteiger partial charge in [0, 0.05) is 13.1 Å². The van der Waals surface area contributed by atoms with E-state index in [0.29, 0.717) is 19.0 Å². The minimum Gasteiger partial charge on any atom is -0.355 e. The van der Waals surface area contributed by atoms with Gasteiger partial charge in [-0.05, 0) is 18.8 Å². The van der Waals surface area contributed by atoms with Crippen LogP contribution in [-0.4, -0.2) is 31.5 Å². The Morgan fingerprint density at radius 1 is 1.21 bits per heavy atom. The molecule has 2 N–H and O–H groups in total. The van der Waals surface area contributed by atoms with E-state index in [-0.39, 0.29) is 10.3 Å². The van der Waals surface area contributed by atoms with E-state index in [2.05, 4.69) is 20.0 Å². The number of aromatic nitrogens is 2. The lowest BCUT2D eigenvalue weighted by molar-refractivity contribution is 0.350. The fraction of sp³-hybridized carbons (Fsp3) is 0.667. The van der Waals surface area contributed by atoms with Crippen molar-refractivity contribution >= 4 is 16.0 Å². The van der Waals surface area contributed by atoms with Gasteiger partial charge in [-0.2, -0.15) is 0 Å². The van der Waals surface area contributed by atoms with Gasteiger partial charge in [0.05, 0.1) is 12.4 Å². The molecule has 1 aromatic rings. The SMILES string of the molecule is CCNc1ncc(S(=O)(=O)NCC(C)(C)CC)cn1. The molecule has 1 aromatic heterocycles. The van der Waals surface area contributed by atoms with Gasteiger partial charge in [-0.1, -0.05) is 20.8 Å². The third-order valence-corrected chi connectivity index (χ3v) is 4.33. The van der Waals surface area contributed by atoms with Crippen molar-refractivity contribution in [3.05, 3.63) is 12.4 Å². The molecule has 0 fully saturated rings. The van der Waals surface area contributed by atoms with E-state index in [1.54, 1.807) is 0 Å². The zero-order chi connectivity index (χ0) is 14.5. The lowest BCUT2D eigenvalue weighted by Gasteiger charge is -2.22. The summed E-state index contributed by atoms with van der Waals surface area (Å²) in [5.41, 5.74) is -0.0718. The summed E-state index contributed by atoms with van der Waals surface area (Å²) in [6.45, 7) is 9.06. The first-order valence-electron chi connectivity index (χ1n) is 6.36. The third kappa shape index (κ3) is 4.76. The summed E-state index contributed by atoms with van der Waals surface area (Å²) >= 11 is 0. The minimum absolute atomic E-state index is 0.0718. The summed E-state index contributed by atoms with van der Waals surface area (Å²) < 4.78 is 26.7. The fourth-order valence-corrected chi connectivity index (χ4v) is 2.33. The van der Waals surface area contributed by atoms with Crippen molar-refractivity contribution in [1.82, 2.24) is 14.7 Å².